The fourth-order valence-corrected chi connectivity index (χ4v) is 3.17. The first-order valence-corrected chi connectivity index (χ1v) is 7.93. The number of hydrogen-bond acceptors (Lipinski definition) is 3. The maximum Gasteiger partial charge on any atom is 0.247 e. The van der Waals surface area contributed by atoms with E-state index in [9.17, 15) is 4.79 Å². The Bertz CT molecular complexity index is 521. The van der Waals surface area contributed by atoms with E-state index in [1.807, 2.05) is 17.2 Å². The van der Waals surface area contributed by atoms with Crippen molar-refractivity contribution in [3.63, 3.8) is 0 Å². The largest absolute Gasteiger partial charge is 0.325 e. The molecule has 0 N–H and O–H groups in total. The van der Waals surface area contributed by atoms with E-state index in [0.717, 1.165) is 23.5 Å². The van der Waals surface area contributed by atoms with Crippen molar-refractivity contribution in [1.29, 1.82) is 0 Å². The number of aromatic nitrogens is 1. The van der Waals surface area contributed by atoms with Crippen molar-refractivity contribution in [2.75, 3.05) is 6.54 Å². The fraction of sp³-hybridized carbons (Fsp3) is 0.500. The Morgan fingerprint density at radius 3 is 2.90 bits per heavy atom. The van der Waals surface area contributed by atoms with Gasteiger partial charge < -0.3 is 4.90 Å². The summed E-state index contributed by atoms with van der Waals surface area (Å²) < 4.78 is 0. The zero-order chi connectivity index (χ0) is 14.4. The molecule has 0 aliphatic heterocycles. The molecule has 0 spiro atoms. The highest BCUT2D eigenvalue weighted by molar-refractivity contribution is 7.09. The minimum Gasteiger partial charge on any atom is -0.325 e. The molecule has 106 valence electrons. The summed E-state index contributed by atoms with van der Waals surface area (Å²) in [7, 11) is 0. The van der Waals surface area contributed by atoms with E-state index in [1.165, 1.54) is 19.3 Å². The summed E-state index contributed by atoms with van der Waals surface area (Å²) >= 11 is 1.58. The molecule has 1 aliphatic carbocycles. The predicted octanol–water partition coefficient (Wildman–Crippen LogP) is 3.26. The Labute approximate surface area is 124 Å². The minimum atomic E-state index is 0.000466. The highest BCUT2D eigenvalue weighted by atomic mass is 32.1. The molecule has 0 unspecified atom stereocenters. The van der Waals surface area contributed by atoms with Crippen LogP contribution in [0.5, 0.6) is 0 Å². The molecule has 0 saturated heterocycles. The van der Waals surface area contributed by atoms with E-state index >= 15 is 0 Å². The van der Waals surface area contributed by atoms with Crippen molar-refractivity contribution in [2.24, 2.45) is 0 Å². The average Bonchev–Trinajstić information content (AvgIpc) is 2.89. The molecule has 4 heteroatoms. The number of thiazole rings is 1. The number of carbonyl (C=O) groups is 1. The maximum absolute atomic E-state index is 12.3. The zero-order valence-corrected chi connectivity index (χ0v) is 12.7. The molecule has 1 fully saturated rings. The first kappa shape index (κ1) is 14.8. The predicted molar refractivity (Wildman–Crippen MR) is 83.3 cm³/mol. The number of carbonyl (C=O) groups excluding carboxylic acids is 1. The third kappa shape index (κ3) is 3.94. The molecule has 0 atom stereocenters. The zero-order valence-electron chi connectivity index (χ0n) is 11.8. The molecule has 20 heavy (non-hydrogen) atoms. The minimum absolute atomic E-state index is 0.000466. The van der Waals surface area contributed by atoms with Gasteiger partial charge in [-0.15, -0.1) is 17.8 Å². The van der Waals surface area contributed by atoms with Gasteiger partial charge in [-0.1, -0.05) is 25.2 Å². The van der Waals surface area contributed by atoms with Crippen molar-refractivity contribution in [3.8, 4) is 12.3 Å². The molecule has 1 heterocycles. The first-order chi connectivity index (χ1) is 9.70. The number of terminal acetylenes is 1. The summed E-state index contributed by atoms with van der Waals surface area (Å²) in [5.74, 6) is 2.61. The van der Waals surface area contributed by atoms with Crippen LogP contribution in [0.25, 0.3) is 6.08 Å². The van der Waals surface area contributed by atoms with Gasteiger partial charge in [-0.25, -0.2) is 4.98 Å². The van der Waals surface area contributed by atoms with Crippen molar-refractivity contribution >= 4 is 23.3 Å². The van der Waals surface area contributed by atoms with Gasteiger partial charge in [0.1, 0.15) is 0 Å². The van der Waals surface area contributed by atoms with Gasteiger partial charge in [0.05, 0.1) is 17.2 Å². The number of hydrogen-bond donors (Lipinski definition) is 0. The van der Waals surface area contributed by atoms with E-state index < -0.39 is 0 Å². The van der Waals surface area contributed by atoms with E-state index in [4.69, 9.17) is 6.42 Å². The van der Waals surface area contributed by atoms with E-state index in [0.29, 0.717) is 12.6 Å². The topological polar surface area (TPSA) is 33.2 Å². The Morgan fingerprint density at radius 1 is 1.55 bits per heavy atom. The molecule has 3 nitrogen and oxygen atoms in total. The fourth-order valence-electron chi connectivity index (χ4n) is 2.59. The van der Waals surface area contributed by atoms with Gasteiger partial charge in [-0.2, -0.15) is 0 Å². The molecule has 0 aromatic carbocycles. The van der Waals surface area contributed by atoms with Gasteiger partial charge in [-0.05, 0) is 25.8 Å². The van der Waals surface area contributed by atoms with Crippen LogP contribution >= 0.6 is 11.3 Å². The van der Waals surface area contributed by atoms with E-state index in [-0.39, 0.29) is 5.91 Å². The molecule has 0 radical (unpaired) electrons. The number of amides is 1. The molecule has 1 aliphatic rings. The van der Waals surface area contributed by atoms with Crippen molar-refractivity contribution < 1.29 is 4.79 Å². The van der Waals surface area contributed by atoms with Crippen LogP contribution in [-0.4, -0.2) is 28.4 Å². The summed E-state index contributed by atoms with van der Waals surface area (Å²) in [6, 6.07) is 0.300. The number of aryl methyl sites for hydroxylation is 1. The molecule has 1 aromatic heterocycles. The highest BCUT2D eigenvalue weighted by Gasteiger charge is 2.23. The summed E-state index contributed by atoms with van der Waals surface area (Å²) in [5.41, 5.74) is 0.838. The lowest BCUT2D eigenvalue weighted by Crippen LogP contribution is -2.40. The molecule has 1 amide bonds. The van der Waals surface area contributed by atoms with Gasteiger partial charge in [0.2, 0.25) is 5.91 Å². The first-order valence-electron chi connectivity index (χ1n) is 7.05. The van der Waals surface area contributed by atoms with Crippen LogP contribution in [0.3, 0.4) is 0 Å². The summed E-state index contributed by atoms with van der Waals surface area (Å²) in [4.78, 5) is 18.5. The van der Waals surface area contributed by atoms with Gasteiger partial charge in [0.25, 0.3) is 0 Å². The second kappa shape index (κ2) is 7.25. The lowest BCUT2D eigenvalue weighted by Gasteiger charge is -2.32. The standard InChI is InChI=1S/C16H20N2OS/c1-3-11-18(15-7-5-4-6-8-15)16(19)10-9-14-12-20-13(2)17-14/h1,9-10,12,15H,4-8,11H2,2H3. The molecule has 0 bridgehead atoms. The number of rotatable bonds is 4. The highest BCUT2D eigenvalue weighted by Crippen LogP contribution is 2.22. The second-order valence-electron chi connectivity index (χ2n) is 5.09. The van der Waals surface area contributed by atoms with E-state index in [2.05, 4.69) is 10.9 Å². The van der Waals surface area contributed by atoms with Crippen LogP contribution in [0.4, 0.5) is 0 Å². The van der Waals surface area contributed by atoms with Gasteiger partial charge in [-0.3, -0.25) is 4.79 Å². The van der Waals surface area contributed by atoms with Crippen LogP contribution in [0.1, 0.15) is 42.8 Å². The van der Waals surface area contributed by atoms with E-state index in [1.54, 1.807) is 23.5 Å². The lowest BCUT2D eigenvalue weighted by atomic mass is 9.94. The van der Waals surface area contributed by atoms with Gasteiger partial charge >= 0.3 is 0 Å². The van der Waals surface area contributed by atoms with Crippen molar-refractivity contribution in [2.45, 2.75) is 45.1 Å². The third-order valence-electron chi connectivity index (χ3n) is 3.59. The van der Waals surface area contributed by atoms with Crippen LogP contribution in [0.2, 0.25) is 0 Å². The average molecular weight is 288 g/mol. The normalized spacial score (nSPS) is 16.2. The van der Waals surface area contributed by atoms with Crippen molar-refractivity contribution in [1.82, 2.24) is 9.88 Å². The lowest BCUT2D eigenvalue weighted by molar-refractivity contribution is -0.128. The second-order valence-corrected chi connectivity index (χ2v) is 6.15. The number of nitrogens with zero attached hydrogens (tertiary/aromatic N) is 2. The molecular weight excluding hydrogens is 268 g/mol. The quantitative estimate of drug-likeness (QED) is 0.629. The van der Waals surface area contributed by atoms with Crippen molar-refractivity contribution in [3.05, 3.63) is 22.2 Å². The SMILES string of the molecule is C#CCN(C(=O)C=Cc1csc(C)n1)C1CCCCC1. The summed E-state index contributed by atoms with van der Waals surface area (Å²) in [6.45, 7) is 2.35. The smallest absolute Gasteiger partial charge is 0.247 e. The molecule has 1 aromatic rings. The van der Waals surface area contributed by atoms with Crippen LogP contribution in [0, 0.1) is 19.3 Å². The Hall–Kier alpha value is -1.60. The van der Waals surface area contributed by atoms with Crippen LogP contribution < -0.4 is 0 Å². The maximum atomic E-state index is 12.3. The molecule has 1 saturated carbocycles. The summed E-state index contributed by atoms with van der Waals surface area (Å²) in [6.07, 6.45) is 14.6. The van der Waals surface area contributed by atoms with Crippen LogP contribution in [0.15, 0.2) is 11.5 Å². The Kier molecular flexibility index (Phi) is 5.37. The van der Waals surface area contributed by atoms with Gasteiger partial charge in [0.15, 0.2) is 0 Å². The van der Waals surface area contributed by atoms with Gasteiger partial charge in [0, 0.05) is 17.5 Å². The monoisotopic (exact) mass is 288 g/mol. The Balaban J connectivity index is 2.02. The Morgan fingerprint density at radius 2 is 2.30 bits per heavy atom. The third-order valence-corrected chi connectivity index (χ3v) is 4.39. The summed E-state index contributed by atoms with van der Waals surface area (Å²) in [5, 5.41) is 2.95. The molecular formula is C16H20N2OS. The molecule has 2 rings (SSSR count). The van der Waals surface area contributed by atoms with Crippen LogP contribution in [-0.2, 0) is 4.79 Å².